The van der Waals surface area contributed by atoms with Crippen molar-refractivity contribution in [2.75, 3.05) is 6.61 Å². The average Bonchev–Trinajstić information content (AvgIpc) is 3.09. The molecular weight excluding hydrogens is 412 g/mol. The molecule has 4 rings (SSSR count). The van der Waals surface area contributed by atoms with E-state index in [0.717, 1.165) is 38.9 Å². The van der Waals surface area contributed by atoms with E-state index in [4.69, 9.17) is 4.74 Å². The molecule has 0 bridgehead atoms. The second-order valence-electron chi connectivity index (χ2n) is 8.37. The minimum absolute atomic E-state index is 0.335. The molecule has 5 heteroatoms. The monoisotopic (exact) mass is 442 g/mol. The number of hydrogen-bond donors (Lipinski definition) is 2. The lowest BCUT2D eigenvalue weighted by atomic mass is 10.1. The maximum atomic E-state index is 12.4. The smallest absolute Gasteiger partial charge is 0.352 e. The third-order valence-corrected chi connectivity index (χ3v) is 5.88. The van der Waals surface area contributed by atoms with Gasteiger partial charge in [-0.25, -0.2) is 4.79 Å². The summed E-state index contributed by atoms with van der Waals surface area (Å²) in [6.45, 7) is 8.20. The SMILES string of the molecule is CCOc1ccccc1CNCc1c(C(=O)O)n(Cc2ccc(C)cc2)c2cc(C)ccc12. The van der Waals surface area contributed by atoms with Crippen molar-refractivity contribution in [1.82, 2.24) is 9.88 Å². The van der Waals surface area contributed by atoms with E-state index in [9.17, 15) is 9.90 Å². The molecule has 33 heavy (non-hydrogen) atoms. The largest absolute Gasteiger partial charge is 0.494 e. The van der Waals surface area contributed by atoms with E-state index in [1.54, 1.807) is 0 Å². The number of aromatic carboxylic acids is 1. The maximum absolute atomic E-state index is 12.4. The lowest BCUT2D eigenvalue weighted by Crippen LogP contribution is -2.17. The Bertz CT molecular complexity index is 1270. The molecule has 0 aliphatic heterocycles. The Morgan fingerprint density at radius 3 is 2.42 bits per heavy atom. The molecule has 0 amide bonds. The molecule has 0 spiro atoms. The van der Waals surface area contributed by atoms with Crippen LogP contribution in [0.25, 0.3) is 10.9 Å². The number of hydrogen-bond acceptors (Lipinski definition) is 3. The number of nitrogens with one attached hydrogen (secondary N) is 1. The zero-order valence-electron chi connectivity index (χ0n) is 19.4. The fourth-order valence-electron chi connectivity index (χ4n) is 4.26. The molecule has 0 atom stereocenters. The lowest BCUT2D eigenvalue weighted by Gasteiger charge is -2.12. The van der Waals surface area contributed by atoms with E-state index >= 15 is 0 Å². The van der Waals surface area contributed by atoms with Gasteiger partial charge in [-0.05, 0) is 44.0 Å². The number of aryl methyl sites for hydroxylation is 2. The highest BCUT2D eigenvalue weighted by Gasteiger charge is 2.22. The Hall–Kier alpha value is -3.57. The van der Waals surface area contributed by atoms with Gasteiger partial charge in [-0.2, -0.15) is 0 Å². The highest BCUT2D eigenvalue weighted by molar-refractivity contribution is 5.98. The Morgan fingerprint density at radius 1 is 0.970 bits per heavy atom. The van der Waals surface area contributed by atoms with Crippen LogP contribution in [0.2, 0.25) is 0 Å². The number of benzene rings is 3. The summed E-state index contributed by atoms with van der Waals surface area (Å²) in [6.07, 6.45) is 0. The van der Waals surface area contributed by atoms with Gasteiger partial charge in [0.25, 0.3) is 0 Å². The first-order valence-corrected chi connectivity index (χ1v) is 11.3. The van der Waals surface area contributed by atoms with Crippen molar-refractivity contribution in [3.8, 4) is 5.75 Å². The van der Waals surface area contributed by atoms with Crippen molar-refractivity contribution < 1.29 is 14.6 Å². The van der Waals surface area contributed by atoms with Crippen molar-refractivity contribution in [2.24, 2.45) is 0 Å². The summed E-state index contributed by atoms with van der Waals surface area (Å²) in [6, 6.07) is 22.3. The number of para-hydroxylation sites is 1. The van der Waals surface area contributed by atoms with Crippen LogP contribution in [0.5, 0.6) is 5.75 Å². The molecule has 1 heterocycles. The van der Waals surface area contributed by atoms with E-state index in [0.29, 0.717) is 31.9 Å². The molecule has 0 radical (unpaired) electrons. The molecule has 4 aromatic rings. The zero-order chi connectivity index (χ0) is 23.4. The van der Waals surface area contributed by atoms with Gasteiger partial charge < -0.3 is 19.7 Å². The molecule has 170 valence electrons. The highest BCUT2D eigenvalue weighted by Crippen LogP contribution is 2.29. The number of aromatic nitrogens is 1. The molecule has 5 nitrogen and oxygen atoms in total. The van der Waals surface area contributed by atoms with E-state index in [1.165, 1.54) is 5.56 Å². The number of ether oxygens (including phenoxy) is 1. The fourth-order valence-corrected chi connectivity index (χ4v) is 4.26. The van der Waals surface area contributed by atoms with E-state index < -0.39 is 5.97 Å². The van der Waals surface area contributed by atoms with Gasteiger partial charge >= 0.3 is 5.97 Å². The summed E-state index contributed by atoms with van der Waals surface area (Å²) in [5.74, 6) is -0.0640. The van der Waals surface area contributed by atoms with Crippen LogP contribution >= 0.6 is 0 Å². The van der Waals surface area contributed by atoms with Crippen molar-refractivity contribution in [3.63, 3.8) is 0 Å². The third kappa shape index (κ3) is 4.94. The van der Waals surface area contributed by atoms with Gasteiger partial charge in [0.05, 0.1) is 6.61 Å². The molecule has 0 aliphatic rings. The number of carboxylic acid groups (broad SMARTS) is 1. The number of carboxylic acids is 1. The predicted octanol–water partition coefficient (Wildman–Crippen LogP) is 5.69. The molecule has 0 saturated carbocycles. The summed E-state index contributed by atoms with van der Waals surface area (Å²) in [4.78, 5) is 12.4. The van der Waals surface area contributed by atoms with Crippen LogP contribution in [0.1, 0.15) is 45.2 Å². The summed E-state index contributed by atoms with van der Waals surface area (Å²) in [5.41, 5.74) is 6.50. The van der Waals surface area contributed by atoms with Crippen LogP contribution < -0.4 is 10.1 Å². The van der Waals surface area contributed by atoms with Crippen LogP contribution in [0.15, 0.2) is 66.7 Å². The standard InChI is InChI=1S/C28H30N2O3/c1-4-33-26-8-6-5-7-22(26)16-29-17-24-23-14-11-20(3)15-25(23)30(27(24)28(31)32)18-21-12-9-19(2)10-13-21/h5-15,29H,4,16-18H2,1-3H3,(H,31,32). The molecule has 0 aliphatic carbocycles. The number of fused-ring (bicyclic) bond motifs is 1. The predicted molar refractivity (Wildman–Crippen MR) is 132 cm³/mol. The van der Waals surface area contributed by atoms with Gasteiger partial charge in [0.1, 0.15) is 11.4 Å². The number of rotatable bonds is 9. The first-order chi connectivity index (χ1) is 16.0. The van der Waals surface area contributed by atoms with Gasteiger partial charge in [0, 0.05) is 41.7 Å². The summed E-state index contributed by atoms with van der Waals surface area (Å²) in [7, 11) is 0. The highest BCUT2D eigenvalue weighted by atomic mass is 16.5. The summed E-state index contributed by atoms with van der Waals surface area (Å²) >= 11 is 0. The van der Waals surface area contributed by atoms with Crippen molar-refractivity contribution >= 4 is 16.9 Å². The Balaban J connectivity index is 1.69. The minimum Gasteiger partial charge on any atom is -0.494 e. The molecule has 0 unspecified atom stereocenters. The molecule has 2 N–H and O–H groups in total. The van der Waals surface area contributed by atoms with E-state index in [2.05, 4.69) is 35.6 Å². The lowest BCUT2D eigenvalue weighted by molar-refractivity contribution is 0.0684. The first kappa shape index (κ1) is 22.6. The van der Waals surface area contributed by atoms with Crippen molar-refractivity contribution in [2.45, 2.75) is 40.4 Å². The van der Waals surface area contributed by atoms with Crippen LogP contribution in [-0.4, -0.2) is 22.2 Å². The fraction of sp³-hybridized carbons (Fsp3) is 0.250. The molecular formula is C28H30N2O3. The Labute approximate surface area is 194 Å². The molecule has 0 saturated heterocycles. The normalized spacial score (nSPS) is 11.1. The molecule has 3 aromatic carbocycles. The topological polar surface area (TPSA) is 63.5 Å². The van der Waals surface area contributed by atoms with Gasteiger partial charge in [0.15, 0.2) is 0 Å². The van der Waals surface area contributed by atoms with Gasteiger partial charge in [0.2, 0.25) is 0 Å². The Kier molecular flexibility index (Phi) is 6.80. The van der Waals surface area contributed by atoms with Gasteiger partial charge in [-0.15, -0.1) is 0 Å². The maximum Gasteiger partial charge on any atom is 0.352 e. The summed E-state index contributed by atoms with van der Waals surface area (Å²) < 4.78 is 7.66. The van der Waals surface area contributed by atoms with E-state index in [-0.39, 0.29) is 0 Å². The van der Waals surface area contributed by atoms with Crippen molar-refractivity contribution in [1.29, 1.82) is 0 Å². The minimum atomic E-state index is -0.914. The quantitative estimate of drug-likeness (QED) is 0.349. The van der Waals surface area contributed by atoms with Crippen LogP contribution in [0.3, 0.4) is 0 Å². The first-order valence-electron chi connectivity index (χ1n) is 11.3. The van der Waals surface area contributed by atoms with Gasteiger partial charge in [-0.1, -0.05) is 60.2 Å². The summed E-state index contributed by atoms with van der Waals surface area (Å²) in [5, 5.41) is 14.6. The molecule has 0 fully saturated rings. The third-order valence-electron chi connectivity index (χ3n) is 5.88. The Morgan fingerprint density at radius 2 is 1.70 bits per heavy atom. The number of nitrogens with zero attached hydrogens (tertiary/aromatic N) is 1. The van der Waals surface area contributed by atoms with Crippen LogP contribution in [0.4, 0.5) is 0 Å². The van der Waals surface area contributed by atoms with Gasteiger partial charge in [-0.3, -0.25) is 0 Å². The zero-order valence-corrected chi connectivity index (χ0v) is 19.4. The van der Waals surface area contributed by atoms with E-state index in [1.807, 2.05) is 61.7 Å². The second kappa shape index (κ2) is 9.92. The van der Waals surface area contributed by atoms with Crippen LogP contribution in [0, 0.1) is 13.8 Å². The second-order valence-corrected chi connectivity index (χ2v) is 8.37. The van der Waals surface area contributed by atoms with Crippen molar-refractivity contribution in [3.05, 3.63) is 100 Å². The van der Waals surface area contributed by atoms with Crippen LogP contribution in [-0.2, 0) is 19.6 Å². The average molecular weight is 443 g/mol. The number of carbonyl (C=O) groups is 1. The molecule has 1 aromatic heterocycles.